The van der Waals surface area contributed by atoms with Gasteiger partial charge in [0.1, 0.15) is 5.75 Å². The van der Waals surface area contributed by atoms with E-state index in [1.165, 1.54) is 6.07 Å². The van der Waals surface area contributed by atoms with Gasteiger partial charge >= 0.3 is 0 Å². The molecule has 0 aliphatic heterocycles. The van der Waals surface area contributed by atoms with Crippen molar-refractivity contribution in [2.45, 2.75) is 12.6 Å². The number of hydrogen-bond acceptors (Lipinski definition) is 5. The zero-order valence-electron chi connectivity index (χ0n) is 13.2. The molecule has 6 heteroatoms. The number of rotatable bonds is 7. The first-order valence-corrected chi connectivity index (χ1v) is 7.24. The molecule has 0 spiro atoms. The summed E-state index contributed by atoms with van der Waals surface area (Å²) >= 11 is 0. The third-order valence-corrected chi connectivity index (χ3v) is 3.81. The van der Waals surface area contributed by atoms with E-state index in [1.54, 1.807) is 25.3 Å². The summed E-state index contributed by atoms with van der Waals surface area (Å²) in [6.45, 7) is 0.290. The molecule has 23 heavy (non-hydrogen) atoms. The molecule has 0 saturated carbocycles. The molecule has 6 nitrogen and oxygen atoms in total. The van der Waals surface area contributed by atoms with Crippen molar-refractivity contribution in [3.05, 3.63) is 69.8 Å². The van der Waals surface area contributed by atoms with Gasteiger partial charge in [-0.2, -0.15) is 0 Å². The molecule has 0 aliphatic rings. The summed E-state index contributed by atoms with van der Waals surface area (Å²) in [4.78, 5) is 12.6. The van der Waals surface area contributed by atoms with Crippen molar-refractivity contribution in [2.24, 2.45) is 0 Å². The lowest BCUT2D eigenvalue weighted by molar-refractivity contribution is -0.385. The molecule has 0 amide bonds. The number of aliphatic hydroxyl groups excluding tert-OH is 1. The Bertz CT molecular complexity index is 658. The van der Waals surface area contributed by atoms with E-state index in [0.29, 0.717) is 12.1 Å². The lowest BCUT2D eigenvalue weighted by Gasteiger charge is -2.27. The van der Waals surface area contributed by atoms with Crippen molar-refractivity contribution >= 4 is 5.69 Å². The molecule has 122 valence electrons. The minimum absolute atomic E-state index is 0.0799. The first-order valence-electron chi connectivity index (χ1n) is 7.24. The third kappa shape index (κ3) is 4.06. The average Bonchev–Trinajstić information content (AvgIpc) is 2.56. The number of methoxy groups -OCH3 is 1. The highest BCUT2D eigenvalue weighted by Gasteiger charge is 2.20. The van der Waals surface area contributed by atoms with Crippen molar-refractivity contribution in [1.29, 1.82) is 0 Å². The van der Waals surface area contributed by atoms with Gasteiger partial charge in [-0.1, -0.05) is 30.3 Å². The highest BCUT2D eigenvalue weighted by Crippen LogP contribution is 2.26. The molecule has 2 rings (SSSR count). The molecule has 0 heterocycles. The molecule has 2 aromatic rings. The number of likely N-dealkylation sites (N-methyl/N-ethyl adjacent to an activating group) is 1. The van der Waals surface area contributed by atoms with Crippen LogP contribution in [0.1, 0.15) is 17.2 Å². The monoisotopic (exact) mass is 316 g/mol. The van der Waals surface area contributed by atoms with E-state index >= 15 is 0 Å². The van der Waals surface area contributed by atoms with Gasteiger partial charge in [0.2, 0.25) is 0 Å². The number of hydrogen-bond donors (Lipinski definition) is 1. The quantitative estimate of drug-likeness (QED) is 0.628. The summed E-state index contributed by atoms with van der Waals surface area (Å²) in [7, 11) is 3.43. The molecule has 0 aliphatic carbocycles. The van der Waals surface area contributed by atoms with Crippen molar-refractivity contribution in [3.63, 3.8) is 0 Å². The Morgan fingerprint density at radius 3 is 2.43 bits per heavy atom. The minimum atomic E-state index is -0.384. The molecule has 1 N–H and O–H groups in total. The smallest absolute Gasteiger partial charge is 0.273 e. The van der Waals surface area contributed by atoms with Crippen molar-refractivity contribution in [2.75, 3.05) is 20.8 Å². The first-order chi connectivity index (χ1) is 11.1. The third-order valence-electron chi connectivity index (χ3n) is 3.81. The normalized spacial score (nSPS) is 12.2. The van der Waals surface area contributed by atoms with Crippen LogP contribution in [0.25, 0.3) is 0 Å². The van der Waals surface area contributed by atoms with Crippen molar-refractivity contribution in [1.82, 2.24) is 4.90 Å². The zero-order chi connectivity index (χ0) is 16.8. The first kappa shape index (κ1) is 16.9. The van der Waals surface area contributed by atoms with Crippen LogP contribution < -0.4 is 4.74 Å². The Hall–Kier alpha value is -2.44. The summed E-state index contributed by atoms with van der Waals surface area (Å²) in [6.07, 6.45) is 0. The highest BCUT2D eigenvalue weighted by atomic mass is 16.6. The fourth-order valence-corrected chi connectivity index (χ4v) is 2.53. The van der Waals surface area contributed by atoms with Crippen LogP contribution in [-0.2, 0) is 6.54 Å². The Morgan fingerprint density at radius 2 is 1.87 bits per heavy atom. The van der Waals surface area contributed by atoms with Gasteiger partial charge in [0, 0.05) is 18.2 Å². The number of aliphatic hydroxyl groups is 1. The Balaban J connectivity index is 2.20. The van der Waals surface area contributed by atoms with E-state index in [0.717, 1.165) is 11.3 Å². The van der Waals surface area contributed by atoms with Gasteiger partial charge < -0.3 is 9.84 Å². The zero-order valence-corrected chi connectivity index (χ0v) is 13.2. The number of benzene rings is 2. The summed E-state index contributed by atoms with van der Waals surface area (Å²) in [5.41, 5.74) is 1.63. The Kier molecular flexibility index (Phi) is 5.67. The SMILES string of the molecule is COc1ccc(C(CO)N(C)Cc2ccccc2[N+](=O)[O-])cc1. The second-order valence-corrected chi connectivity index (χ2v) is 5.27. The summed E-state index contributed by atoms with van der Waals surface area (Å²) < 4.78 is 5.13. The van der Waals surface area contributed by atoms with Gasteiger partial charge in [-0.3, -0.25) is 15.0 Å². The average molecular weight is 316 g/mol. The van der Waals surface area contributed by atoms with E-state index in [1.807, 2.05) is 36.2 Å². The fraction of sp³-hybridized carbons (Fsp3) is 0.294. The van der Waals surface area contributed by atoms with E-state index < -0.39 is 0 Å². The van der Waals surface area contributed by atoms with Crippen molar-refractivity contribution in [3.8, 4) is 5.75 Å². The van der Waals surface area contributed by atoms with Crippen molar-refractivity contribution < 1.29 is 14.8 Å². The van der Waals surface area contributed by atoms with Gasteiger partial charge in [0.05, 0.1) is 24.7 Å². The lowest BCUT2D eigenvalue weighted by Crippen LogP contribution is -2.27. The second-order valence-electron chi connectivity index (χ2n) is 5.27. The van der Waals surface area contributed by atoms with Crippen LogP contribution in [0, 0.1) is 10.1 Å². The van der Waals surface area contributed by atoms with Crippen LogP contribution in [0.15, 0.2) is 48.5 Å². The number of nitrogens with zero attached hydrogens (tertiary/aromatic N) is 2. The van der Waals surface area contributed by atoms with Crippen LogP contribution in [0.2, 0.25) is 0 Å². The van der Waals surface area contributed by atoms with E-state index in [-0.39, 0.29) is 23.3 Å². The number of nitro benzene ring substituents is 1. The largest absolute Gasteiger partial charge is 0.497 e. The predicted molar refractivity (Wildman–Crippen MR) is 87.4 cm³/mol. The van der Waals surface area contributed by atoms with Gasteiger partial charge in [0.15, 0.2) is 0 Å². The molecular formula is C17H20N2O4. The standard InChI is InChI=1S/C17H20N2O4/c1-18(11-14-5-3-4-6-16(14)19(21)22)17(12-20)13-7-9-15(23-2)10-8-13/h3-10,17,20H,11-12H2,1-2H3. The maximum atomic E-state index is 11.1. The maximum absolute atomic E-state index is 11.1. The minimum Gasteiger partial charge on any atom is -0.497 e. The van der Waals surface area contributed by atoms with Crippen LogP contribution in [0.4, 0.5) is 5.69 Å². The molecule has 0 fully saturated rings. The molecule has 2 aromatic carbocycles. The molecule has 0 radical (unpaired) electrons. The Morgan fingerprint density at radius 1 is 1.22 bits per heavy atom. The molecule has 0 bridgehead atoms. The van der Waals surface area contributed by atoms with Gasteiger partial charge in [-0.05, 0) is 24.7 Å². The predicted octanol–water partition coefficient (Wildman–Crippen LogP) is 2.77. The van der Waals surface area contributed by atoms with Crippen LogP contribution in [-0.4, -0.2) is 35.7 Å². The number of para-hydroxylation sites is 1. The van der Waals surface area contributed by atoms with Crippen LogP contribution in [0.3, 0.4) is 0 Å². The molecule has 1 unspecified atom stereocenters. The van der Waals surface area contributed by atoms with Crippen LogP contribution >= 0.6 is 0 Å². The van der Waals surface area contributed by atoms with E-state index in [9.17, 15) is 15.2 Å². The number of ether oxygens (including phenoxy) is 1. The molecule has 0 saturated heterocycles. The topological polar surface area (TPSA) is 75.8 Å². The number of nitro groups is 1. The summed E-state index contributed by atoms with van der Waals surface area (Å²) in [5, 5.41) is 20.8. The van der Waals surface area contributed by atoms with E-state index in [4.69, 9.17) is 4.74 Å². The Labute approximate surface area is 135 Å². The summed E-state index contributed by atoms with van der Waals surface area (Å²) in [6, 6.07) is 13.8. The fourth-order valence-electron chi connectivity index (χ4n) is 2.53. The molecular weight excluding hydrogens is 296 g/mol. The van der Waals surface area contributed by atoms with E-state index in [2.05, 4.69) is 0 Å². The molecule has 1 atom stereocenters. The molecule has 0 aromatic heterocycles. The highest BCUT2D eigenvalue weighted by molar-refractivity contribution is 5.40. The summed E-state index contributed by atoms with van der Waals surface area (Å²) in [5.74, 6) is 0.742. The van der Waals surface area contributed by atoms with Crippen LogP contribution in [0.5, 0.6) is 5.75 Å². The van der Waals surface area contributed by atoms with Gasteiger partial charge in [-0.15, -0.1) is 0 Å². The van der Waals surface area contributed by atoms with Gasteiger partial charge in [0.25, 0.3) is 5.69 Å². The maximum Gasteiger partial charge on any atom is 0.273 e. The second kappa shape index (κ2) is 7.71. The van der Waals surface area contributed by atoms with Gasteiger partial charge in [-0.25, -0.2) is 0 Å². The lowest BCUT2D eigenvalue weighted by atomic mass is 10.0.